The number of allylic oxidation sites excluding steroid dienone is 2. The molecule has 0 heterocycles. The van der Waals surface area contributed by atoms with Crippen LogP contribution in [0.15, 0.2) is 11.6 Å². The summed E-state index contributed by atoms with van der Waals surface area (Å²) < 4.78 is 0. The summed E-state index contributed by atoms with van der Waals surface area (Å²) in [6.45, 7) is 4.26. The third-order valence-electron chi connectivity index (χ3n) is 2.03. The minimum absolute atomic E-state index is 0. The van der Waals surface area contributed by atoms with Crippen molar-refractivity contribution < 1.29 is 17.1 Å². The average Bonchev–Trinajstić information content (AvgIpc) is 2.91. The van der Waals surface area contributed by atoms with Gasteiger partial charge in [-0.1, -0.05) is 11.6 Å². The van der Waals surface area contributed by atoms with Gasteiger partial charge in [-0.05, 0) is 84.0 Å². The van der Waals surface area contributed by atoms with Gasteiger partial charge in [-0.15, -0.1) is 0 Å². The van der Waals surface area contributed by atoms with Crippen LogP contribution in [0.25, 0.3) is 0 Å². The van der Waals surface area contributed by atoms with Crippen LogP contribution >= 0.6 is 0 Å². The van der Waals surface area contributed by atoms with Crippen molar-refractivity contribution in [1.82, 2.24) is 0 Å². The molecule has 2 aliphatic carbocycles. The van der Waals surface area contributed by atoms with E-state index in [0.29, 0.717) is 0 Å². The van der Waals surface area contributed by atoms with Crippen LogP contribution in [0.2, 0.25) is 0 Å². The second-order valence-corrected chi connectivity index (χ2v) is 3.74. The second-order valence-electron chi connectivity index (χ2n) is 3.74. The monoisotopic (exact) mass is 254 g/mol. The normalized spacial score (nSPS) is 19.6. The molecule has 1 heteroatoms. The Morgan fingerprint density at radius 3 is 1.69 bits per heavy atom. The molecule has 0 atom stereocenters. The predicted octanol–water partition coefficient (Wildman–Crippen LogP) is 3.77. The summed E-state index contributed by atoms with van der Waals surface area (Å²) in [4.78, 5) is 0. The Balaban J connectivity index is 0.000000318. The maximum absolute atomic E-state index is 2.25. The molecular formula is C15H18Fe+2. The Kier molecular flexibility index (Phi) is 10.6. The van der Waals surface area contributed by atoms with E-state index >= 15 is 0 Å². The maximum atomic E-state index is 2.25. The number of rotatable bonds is 2. The Labute approximate surface area is 113 Å². The van der Waals surface area contributed by atoms with Crippen LogP contribution in [0.3, 0.4) is 0 Å². The Morgan fingerprint density at radius 2 is 1.31 bits per heavy atom. The van der Waals surface area contributed by atoms with Gasteiger partial charge < -0.3 is 0 Å². The van der Waals surface area contributed by atoms with E-state index in [-0.39, 0.29) is 17.1 Å². The topological polar surface area (TPSA) is 0 Å². The molecule has 2 rings (SSSR count). The largest absolute Gasteiger partial charge is 2.00 e. The van der Waals surface area contributed by atoms with Crippen LogP contribution in [-0.4, -0.2) is 0 Å². The predicted molar refractivity (Wildman–Crippen MR) is 66.0 cm³/mol. The third-order valence-corrected chi connectivity index (χ3v) is 2.03. The zero-order valence-electron chi connectivity index (χ0n) is 9.83. The first-order valence-electron chi connectivity index (χ1n) is 5.29. The molecule has 0 aromatic rings. The van der Waals surface area contributed by atoms with Crippen molar-refractivity contribution in [3.05, 3.63) is 75.4 Å². The standard InChI is InChI=1S/C10H13.C5H5.Fe/c1-9(2)7-8-10-5-3-4-6-10;1-2-4-5-3-1;/h3-7H,8H2,1-2H3;1-5H;/q;;+2. The molecule has 10 radical (unpaired) electrons. The van der Waals surface area contributed by atoms with Crippen molar-refractivity contribution in [2.75, 3.05) is 0 Å². The van der Waals surface area contributed by atoms with Crippen LogP contribution in [0, 0.1) is 63.7 Å². The molecule has 2 aliphatic rings. The van der Waals surface area contributed by atoms with Gasteiger partial charge in [-0.2, -0.15) is 0 Å². The summed E-state index contributed by atoms with van der Waals surface area (Å²) in [7, 11) is 0. The Morgan fingerprint density at radius 1 is 0.875 bits per heavy atom. The van der Waals surface area contributed by atoms with E-state index in [9.17, 15) is 0 Å². The summed E-state index contributed by atoms with van der Waals surface area (Å²) in [5.41, 5.74) is 1.39. The molecule has 0 spiro atoms. The van der Waals surface area contributed by atoms with Gasteiger partial charge in [0.15, 0.2) is 0 Å². The van der Waals surface area contributed by atoms with Crippen LogP contribution in [0.4, 0.5) is 0 Å². The Hall–Kier alpha value is 0.259. The van der Waals surface area contributed by atoms with Crippen molar-refractivity contribution in [1.29, 1.82) is 0 Å². The molecule has 2 fully saturated rings. The number of hydrogen-bond acceptors (Lipinski definition) is 0. The fraction of sp³-hybridized carbons (Fsp3) is 0.200. The van der Waals surface area contributed by atoms with Crippen LogP contribution < -0.4 is 0 Å². The van der Waals surface area contributed by atoms with Crippen LogP contribution in [0.1, 0.15) is 20.3 Å². The molecule has 0 nitrogen and oxygen atoms in total. The minimum Gasteiger partial charge on any atom is -0.0853 e. The van der Waals surface area contributed by atoms with Gasteiger partial charge in [0.2, 0.25) is 0 Å². The van der Waals surface area contributed by atoms with E-state index in [1.54, 1.807) is 0 Å². The van der Waals surface area contributed by atoms with Crippen molar-refractivity contribution in [2.45, 2.75) is 20.3 Å². The zero-order valence-corrected chi connectivity index (χ0v) is 10.9. The van der Waals surface area contributed by atoms with Gasteiger partial charge in [-0.25, -0.2) is 0 Å². The van der Waals surface area contributed by atoms with Crippen molar-refractivity contribution in [3.63, 3.8) is 0 Å². The smallest absolute Gasteiger partial charge is 0.0853 e. The van der Waals surface area contributed by atoms with Crippen molar-refractivity contribution >= 4 is 0 Å². The molecule has 2 saturated carbocycles. The molecule has 16 heavy (non-hydrogen) atoms. The summed E-state index contributed by atoms with van der Waals surface area (Å²) in [6, 6.07) is 0. The SMILES string of the molecule is CC(C)=CC[C]1[CH][CH][CH][CH]1.[CH]1[CH][CH][CH][CH]1.[Fe+2]. The molecule has 0 bridgehead atoms. The van der Waals surface area contributed by atoms with Gasteiger partial charge in [0, 0.05) is 0 Å². The van der Waals surface area contributed by atoms with Gasteiger partial charge in [0.25, 0.3) is 0 Å². The zero-order chi connectivity index (χ0) is 10.9. The second kappa shape index (κ2) is 10.4. The Bertz CT molecular complexity index is 162. The minimum atomic E-state index is 0. The maximum Gasteiger partial charge on any atom is 2.00 e. The van der Waals surface area contributed by atoms with E-state index in [2.05, 4.69) is 45.6 Å². The molecular weight excluding hydrogens is 236 g/mol. The molecule has 0 saturated heterocycles. The first kappa shape index (κ1) is 16.3. The quantitative estimate of drug-likeness (QED) is 0.519. The van der Waals surface area contributed by atoms with Crippen molar-refractivity contribution in [3.8, 4) is 0 Å². The molecule has 0 aromatic heterocycles. The van der Waals surface area contributed by atoms with Gasteiger partial charge in [0.1, 0.15) is 0 Å². The number of hydrogen-bond donors (Lipinski definition) is 0. The average molecular weight is 254 g/mol. The third kappa shape index (κ3) is 8.42. The molecule has 0 aliphatic heterocycles. The fourth-order valence-electron chi connectivity index (χ4n) is 1.19. The first-order chi connectivity index (χ1) is 7.29. The molecule has 0 N–H and O–H groups in total. The van der Waals surface area contributed by atoms with E-state index in [1.165, 1.54) is 11.5 Å². The summed E-state index contributed by atoms with van der Waals surface area (Å²) in [5.74, 6) is 1.40. The van der Waals surface area contributed by atoms with E-state index in [0.717, 1.165) is 6.42 Å². The summed E-state index contributed by atoms with van der Waals surface area (Å²) in [6.07, 6.45) is 21.8. The van der Waals surface area contributed by atoms with E-state index < -0.39 is 0 Å². The van der Waals surface area contributed by atoms with E-state index in [4.69, 9.17) is 0 Å². The molecule has 84 valence electrons. The van der Waals surface area contributed by atoms with Crippen LogP contribution in [0.5, 0.6) is 0 Å². The van der Waals surface area contributed by atoms with Gasteiger partial charge in [-0.3, -0.25) is 0 Å². The van der Waals surface area contributed by atoms with Crippen LogP contribution in [-0.2, 0) is 17.1 Å². The first-order valence-corrected chi connectivity index (χ1v) is 5.29. The fourth-order valence-corrected chi connectivity index (χ4v) is 1.19. The molecule has 0 amide bonds. The van der Waals surface area contributed by atoms with E-state index in [1.807, 2.05) is 32.1 Å². The summed E-state index contributed by atoms with van der Waals surface area (Å²) in [5, 5.41) is 0. The van der Waals surface area contributed by atoms with Gasteiger partial charge in [0.05, 0.1) is 0 Å². The molecule has 0 aromatic carbocycles. The molecule has 0 unspecified atom stereocenters. The summed E-state index contributed by atoms with van der Waals surface area (Å²) >= 11 is 0. The van der Waals surface area contributed by atoms with Gasteiger partial charge >= 0.3 is 17.1 Å². The van der Waals surface area contributed by atoms with Crippen molar-refractivity contribution in [2.24, 2.45) is 0 Å².